The van der Waals surface area contributed by atoms with Gasteiger partial charge in [0.2, 0.25) is 5.91 Å². The molecule has 102 valence electrons. The molecule has 0 radical (unpaired) electrons. The monoisotopic (exact) mass is 260 g/mol. The largest absolute Gasteiger partial charge is 0.497 e. The number of methoxy groups -OCH3 is 1. The molecule has 19 heavy (non-hydrogen) atoms. The van der Waals surface area contributed by atoms with Gasteiger partial charge in [0.1, 0.15) is 5.75 Å². The number of nitrogens with one attached hydrogen (secondary N) is 2. The highest BCUT2D eigenvalue weighted by molar-refractivity contribution is 5.95. The minimum absolute atomic E-state index is 0.0290. The van der Waals surface area contributed by atoms with Gasteiger partial charge in [0.05, 0.1) is 13.2 Å². The van der Waals surface area contributed by atoms with Crippen LogP contribution in [0.4, 0.5) is 5.69 Å². The molecule has 1 heterocycles. The molecule has 4 nitrogen and oxygen atoms in total. The first kappa shape index (κ1) is 12.5. The Labute approximate surface area is 113 Å². The van der Waals surface area contributed by atoms with Crippen molar-refractivity contribution in [3.05, 3.63) is 24.3 Å². The van der Waals surface area contributed by atoms with Crippen LogP contribution < -0.4 is 15.4 Å². The van der Waals surface area contributed by atoms with E-state index in [0.717, 1.165) is 18.0 Å². The van der Waals surface area contributed by atoms with Crippen LogP contribution in [0.3, 0.4) is 0 Å². The van der Waals surface area contributed by atoms with Gasteiger partial charge in [-0.2, -0.15) is 0 Å². The summed E-state index contributed by atoms with van der Waals surface area (Å²) in [4.78, 5) is 12.3. The number of carbonyl (C=O) groups is 1. The van der Waals surface area contributed by atoms with Crippen LogP contribution in [-0.4, -0.2) is 25.6 Å². The second-order valence-electron chi connectivity index (χ2n) is 5.46. The Balaban J connectivity index is 1.67. The fourth-order valence-corrected chi connectivity index (χ4v) is 3.40. The van der Waals surface area contributed by atoms with Crippen molar-refractivity contribution in [2.24, 2.45) is 11.8 Å². The molecule has 1 aromatic rings. The molecule has 1 saturated carbocycles. The molecule has 3 unspecified atom stereocenters. The topological polar surface area (TPSA) is 50.4 Å². The molecule has 0 aromatic heterocycles. The van der Waals surface area contributed by atoms with E-state index in [1.165, 1.54) is 19.3 Å². The lowest BCUT2D eigenvalue weighted by molar-refractivity contribution is -0.118. The molecule has 4 heteroatoms. The normalized spacial score (nSPS) is 29.0. The van der Waals surface area contributed by atoms with Gasteiger partial charge in [-0.25, -0.2) is 0 Å². The first-order chi connectivity index (χ1) is 9.28. The van der Waals surface area contributed by atoms with Gasteiger partial charge in [-0.05, 0) is 43.4 Å². The predicted molar refractivity (Wildman–Crippen MR) is 74.2 cm³/mol. The summed E-state index contributed by atoms with van der Waals surface area (Å²) in [6.45, 7) is 0.987. The zero-order valence-corrected chi connectivity index (χ0v) is 11.2. The summed E-state index contributed by atoms with van der Waals surface area (Å²) in [5.74, 6) is 2.06. The molecule has 1 saturated heterocycles. The molecule has 2 aliphatic rings. The SMILES string of the molecule is COc1cccc(NC(=O)C2NCC3CCCC32)c1. The summed E-state index contributed by atoms with van der Waals surface area (Å²) in [5, 5.41) is 6.35. The van der Waals surface area contributed by atoms with Crippen molar-refractivity contribution in [1.82, 2.24) is 5.32 Å². The number of benzene rings is 1. The second-order valence-corrected chi connectivity index (χ2v) is 5.46. The van der Waals surface area contributed by atoms with Crippen LogP contribution in [-0.2, 0) is 4.79 Å². The maximum Gasteiger partial charge on any atom is 0.241 e. The predicted octanol–water partition coefficient (Wildman–Crippen LogP) is 2.02. The molecular weight excluding hydrogens is 240 g/mol. The van der Waals surface area contributed by atoms with E-state index in [1.807, 2.05) is 24.3 Å². The van der Waals surface area contributed by atoms with Gasteiger partial charge in [-0.3, -0.25) is 4.79 Å². The molecule has 3 atom stereocenters. The minimum Gasteiger partial charge on any atom is -0.497 e. The molecule has 1 aliphatic carbocycles. The van der Waals surface area contributed by atoms with Crippen LogP contribution in [0.15, 0.2) is 24.3 Å². The summed E-state index contributed by atoms with van der Waals surface area (Å²) in [5.41, 5.74) is 0.799. The van der Waals surface area contributed by atoms with E-state index >= 15 is 0 Å². The van der Waals surface area contributed by atoms with E-state index in [0.29, 0.717) is 11.8 Å². The van der Waals surface area contributed by atoms with Crippen LogP contribution >= 0.6 is 0 Å². The van der Waals surface area contributed by atoms with Gasteiger partial charge >= 0.3 is 0 Å². The molecule has 2 N–H and O–H groups in total. The number of fused-ring (bicyclic) bond motifs is 1. The van der Waals surface area contributed by atoms with Crippen LogP contribution in [0.25, 0.3) is 0 Å². The highest BCUT2D eigenvalue weighted by Gasteiger charge is 2.42. The first-order valence-electron chi connectivity index (χ1n) is 6.96. The van der Waals surface area contributed by atoms with E-state index in [9.17, 15) is 4.79 Å². The number of amides is 1. The molecule has 1 aliphatic heterocycles. The third-order valence-electron chi connectivity index (χ3n) is 4.37. The van der Waals surface area contributed by atoms with Gasteiger partial charge in [-0.1, -0.05) is 12.5 Å². The molecule has 0 bridgehead atoms. The van der Waals surface area contributed by atoms with Crippen LogP contribution in [0.1, 0.15) is 19.3 Å². The summed E-state index contributed by atoms with van der Waals surface area (Å²) >= 11 is 0. The fraction of sp³-hybridized carbons (Fsp3) is 0.533. The van der Waals surface area contributed by atoms with Crippen molar-refractivity contribution in [3.8, 4) is 5.75 Å². The Hall–Kier alpha value is -1.55. The Morgan fingerprint density at radius 1 is 1.42 bits per heavy atom. The van der Waals surface area contributed by atoms with E-state index in [2.05, 4.69) is 10.6 Å². The fourth-order valence-electron chi connectivity index (χ4n) is 3.40. The molecule has 3 rings (SSSR count). The third kappa shape index (κ3) is 2.45. The average molecular weight is 260 g/mol. The lowest BCUT2D eigenvalue weighted by Crippen LogP contribution is -2.39. The van der Waals surface area contributed by atoms with Crippen molar-refractivity contribution in [2.75, 3.05) is 19.0 Å². The quantitative estimate of drug-likeness (QED) is 0.874. The lowest BCUT2D eigenvalue weighted by Gasteiger charge is -2.18. The zero-order valence-electron chi connectivity index (χ0n) is 11.2. The van der Waals surface area contributed by atoms with Crippen molar-refractivity contribution >= 4 is 11.6 Å². The minimum atomic E-state index is -0.0290. The van der Waals surface area contributed by atoms with Gasteiger partial charge in [0, 0.05) is 11.8 Å². The number of anilines is 1. The molecule has 1 amide bonds. The van der Waals surface area contributed by atoms with Crippen molar-refractivity contribution in [1.29, 1.82) is 0 Å². The number of hydrogen-bond acceptors (Lipinski definition) is 3. The average Bonchev–Trinajstić information content (AvgIpc) is 3.01. The second kappa shape index (κ2) is 5.21. The van der Waals surface area contributed by atoms with Crippen molar-refractivity contribution < 1.29 is 9.53 Å². The van der Waals surface area contributed by atoms with E-state index in [4.69, 9.17) is 4.74 Å². The zero-order chi connectivity index (χ0) is 13.2. The summed E-state index contributed by atoms with van der Waals surface area (Å²) in [6.07, 6.45) is 3.70. The van der Waals surface area contributed by atoms with Gasteiger partial charge in [-0.15, -0.1) is 0 Å². The van der Waals surface area contributed by atoms with Gasteiger partial charge < -0.3 is 15.4 Å². The Morgan fingerprint density at radius 2 is 2.32 bits per heavy atom. The molecular formula is C15H20N2O2. The smallest absolute Gasteiger partial charge is 0.241 e. The molecule has 0 spiro atoms. The maximum atomic E-state index is 12.3. The number of hydrogen-bond donors (Lipinski definition) is 2. The van der Waals surface area contributed by atoms with E-state index in [-0.39, 0.29) is 11.9 Å². The third-order valence-corrected chi connectivity index (χ3v) is 4.37. The maximum absolute atomic E-state index is 12.3. The van der Waals surface area contributed by atoms with E-state index < -0.39 is 0 Å². The Bertz CT molecular complexity index is 475. The summed E-state index contributed by atoms with van der Waals surface area (Å²) in [6, 6.07) is 7.46. The number of ether oxygens (including phenoxy) is 1. The van der Waals surface area contributed by atoms with Gasteiger partial charge in [0.25, 0.3) is 0 Å². The van der Waals surface area contributed by atoms with Crippen LogP contribution in [0.2, 0.25) is 0 Å². The number of rotatable bonds is 3. The lowest BCUT2D eigenvalue weighted by atomic mass is 9.93. The van der Waals surface area contributed by atoms with Crippen LogP contribution in [0.5, 0.6) is 5.75 Å². The highest BCUT2D eigenvalue weighted by Crippen LogP contribution is 2.38. The number of carbonyl (C=O) groups excluding carboxylic acids is 1. The first-order valence-corrected chi connectivity index (χ1v) is 6.96. The Kier molecular flexibility index (Phi) is 3.42. The van der Waals surface area contributed by atoms with Crippen molar-refractivity contribution in [2.45, 2.75) is 25.3 Å². The molecule has 1 aromatic carbocycles. The summed E-state index contributed by atoms with van der Waals surface area (Å²) < 4.78 is 5.16. The van der Waals surface area contributed by atoms with Crippen LogP contribution in [0, 0.1) is 11.8 Å². The standard InChI is InChI=1S/C15H20N2O2/c1-19-12-6-3-5-11(8-12)17-15(18)14-13-7-2-4-10(13)9-16-14/h3,5-6,8,10,13-14,16H,2,4,7,9H2,1H3,(H,17,18). The summed E-state index contributed by atoms with van der Waals surface area (Å²) in [7, 11) is 1.63. The van der Waals surface area contributed by atoms with E-state index in [1.54, 1.807) is 7.11 Å². The molecule has 2 fully saturated rings. The van der Waals surface area contributed by atoms with Gasteiger partial charge in [0.15, 0.2) is 0 Å². The highest BCUT2D eigenvalue weighted by atomic mass is 16.5. The Morgan fingerprint density at radius 3 is 3.16 bits per heavy atom. The van der Waals surface area contributed by atoms with Crippen molar-refractivity contribution in [3.63, 3.8) is 0 Å².